The molecule has 1 fully saturated rings. The number of hydrogen-bond acceptors (Lipinski definition) is 6. The third kappa shape index (κ3) is 7.46. The summed E-state index contributed by atoms with van der Waals surface area (Å²) >= 11 is 0. The third-order valence-corrected chi connectivity index (χ3v) is 15.2. The fourth-order valence-electron chi connectivity index (χ4n) is 5.48. The molecule has 0 spiro atoms. The number of rotatable bonds is 12. The van der Waals surface area contributed by atoms with Gasteiger partial charge >= 0.3 is 0 Å². The summed E-state index contributed by atoms with van der Waals surface area (Å²) in [5.74, 6) is -0.676. The van der Waals surface area contributed by atoms with E-state index in [1.165, 1.54) is 12.1 Å². The quantitative estimate of drug-likeness (QED) is 0.120. The van der Waals surface area contributed by atoms with E-state index < -0.39 is 48.7 Å². The van der Waals surface area contributed by atoms with Crippen LogP contribution in [0.1, 0.15) is 83.4 Å². The molecule has 5 atom stereocenters. The molecule has 228 valence electrons. The SMILES string of the molecule is CCCCCCC[C@@H]1[C@H](O[Si](C)(C)C(C)(C)C)[C@@H](O)N(S(=O)(=O)c2ccc(C)cc2)[C@@H](c2ccccc2)[C@@H]1[N+](=O)[O-]. The Morgan fingerprint density at radius 1 is 1.00 bits per heavy atom. The number of aliphatic hydroxyl groups excluding tert-OH is 1. The van der Waals surface area contributed by atoms with E-state index in [9.17, 15) is 23.6 Å². The summed E-state index contributed by atoms with van der Waals surface area (Å²) in [6.07, 6.45) is 2.68. The predicted molar refractivity (Wildman–Crippen MR) is 165 cm³/mol. The number of aryl methyl sites for hydroxylation is 1. The van der Waals surface area contributed by atoms with Crippen LogP contribution in [0, 0.1) is 23.0 Å². The highest BCUT2D eigenvalue weighted by atomic mass is 32.2. The number of aliphatic hydroxyl groups is 1. The Bertz CT molecular complexity index is 1250. The number of hydrogen-bond donors (Lipinski definition) is 1. The summed E-state index contributed by atoms with van der Waals surface area (Å²) in [6.45, 7) is 14.2. The second-order valence-corrected chi connectivity index (χ2v) is 19.5. The molecule has 41 heavy (non-hydrogen) atoms. The van der Waals surface area contributed by atoms with E-state index in [0.29, 0.717) is 12.0 Å². The summed E-state index contributed by atoms with van der Waals surface area (Å²) in [6, 6.07) is 12.5. The maximum Gasteiger partial charge on any atom is 0.246 e. The highest BCUT2D eigenvalue weighted by Crippen LogP contribution is 2.47. The normalized spacial score (nSPS) is 24.3. The van der Waals surface area contributed by atoms with E-state index in [-0.39, 0.29) is 14.9 Å². The van der Waals surface area contributed by atoms with Crippen LogP contribution in [0.4, 0.5) is 0 Å². The van der Waals surface area contributed by atoms with Gasteiger partial charge < -0.3 is 9.53 Å². The van der Waals surface area contributed by atoms with Crippen LogP contribution in [0.5, 0.6) is 0 Å². The maximum absolute atomic E-state index is 14.3. The van der Waals surface area contributed by atoms with E-state index in [4.69, 9.17) is 4.43 Å². The van der Waals surface area contributed by atoms with Crippen LogP contribution in [-0.2, 0) is 14.4 Å². The minimum atomic E-state index is -4.36. The molecule has 3 rings (SSSR count). The van der Waals surface area contributed by atoms with E-state index in [1.54, 1.807) is 42.5 Å². The van der Waals surface area contributed by atoms with Gasteiger partial charge in [0.1, 0.15) is 12.3 Å². The van der Waals surface area contributed by atoms with Crippen molar-refractivity contribution in [3.05, 3.63) is 75.8 Å². The van der Waals surface area contributed by atoms with Crippen molar-refractivity contribution in [1.29, 1.82) is 0 Å². The third-order valence-electron chi connectivity index (χ3n) is 8.87. The Kier molecular flexibility index (Phi) is 11.0. The number of unbranched alkanes of at least 4 members (excludes halogenated alkanes) is 4. The Hall–Kier alpha value is -2.11. The lowest BCUT2D eigenvalue weighted by molar-refractivity contribution is -0.550. The first kappa shape index (κ1) is 33.4. The second kappa shape index (κ2) is 13.5. The number of nitro groups is 1. The fourth-order valence-corrected chi connectivity index (χ4v) is 8.49. The van der Waals surface area contributed by atoms with Crippen LogP contribution in [0.3, 0.4) is 0 Å². The number of sulfonamides is 1. The minimum absolute atomic E-state index is 0.0192. The molecule has 0 unspecified atom stereocenters. The van der Waals surface area contributed by atoms with Gasteiger partial charge in [0.15, 0.2) is 8.32 Å². The molecular weight excluding hydrogens is 557 g/mol. The molecule has 1 N–H and O–H groups in total. The predicted octanol–water partition coefficient (Wildman–Crippen LogP) is 7.07. The summed E-state index contributed by atoms with van der Waals surface area (Å²) in [4.78, 5) is 12.6. The first-order valence-electron chi connectivity index (χ1n) is 14.8. The van der Waals surface area contributed by atoms with Crippen LogP contribution < -0.4 is 0 Å². The molecule has 0 saturated carbocycles. The maximum atomic E-state index is 14.3. The van der Waals surface area contributed by atoms with Gasteiger partial charge in [-0.05, 0) is 49.2 Å². The van der Waals surface area contributed by atoms with Crippen molar-refractivity contribution >= 4 is 18.3 Å². The second-order valence-electron chi connectivity index (χ2n) is 12.9. The molecule has 1 aliphatic rings. The molecule has 0 aromatic heterocycles. The summed E-state index contributed by atoms with van der Waals surface area (Å²) < 4.78 is 36.3. The van der Waals surface area contributed by atoms with Crippen molar-refractivity contribution in [1.82, 2.24) is 4.31 Å². The van der Waals surface area contributed by atoms with Crippen LogP contribution >= 0.6 is 0 Å². The Balaban J connectivity index is 2.22. The monoisotopic (exact) mass is 604 g/mol. The molecule has 10 heteroatoms. The number of nitrogens with zero attached hydrogens (tertiary/aromatic N) is 2. The zero-order valence-corrected chi connectivity index (χ0v) is 27.4. The zero-order valence-electron chi connectivity index (χ0n) is 25.6. The van der Waals surface area contributed by atoms with Crippen molar-refractivity contribution in [3.8, 4) is 0 Å². The van der Waals surface area contributed by atoms with E-state index >= 15 is 0 Å². The lowest BCUT2D eigenvalue weighted by atomic mass is 9.78. The van der Waals surface area contributed by atoms with Crippen molar-refractivity contribution in [3.63, 3.8) is 0 Å². The Morgan fingerprint density at radius 2 is 1.59 bits per heavy atom. The smallest absolute Gasteiger partial charge is 0.246 e. The first-order valence-corrected chi connectivity index (χ1v) is 19.1. The average molecular weight is 605 g/mol. The first-order chi connectivity index (χ1) is 19.1. The standard InChI is InChI=1S/C31H48N2O6SSi/c1-8-9-10-11-15-18-26-28(33(35)36)27(24-16-13-12-14-17-24)32(40(37,38)25-21-19-23(2)20-22-25)30(34)29(26)39-41(6,7)31(3,4)5/h12-14,16-17,19-22,26-30,34H,8-11,15,18H2,1-7H3/t26-,27-,28+,29-,30+/m0/s1. The topological polar surface area (TPSA) is 110 Å². The van der Waals surface area contributed by atoms with Gasteiger partial charge in [-0.1, -0.05) is 108 Å². The van der Waals surface area contributed by atoms with Crippen LogP contribution in [0.15, 0.2) is 59.5 Å². The summed E-state index contributed by atoms with van der Waals surface area (Å²) in [7, 11) is -6.94. The van der Waals surface area contributed by atoms with Crippen molar-refractivity contribution < 1.29 is 22.9 Å². The molecule has 0 radical (unpaired) electrons. The van der Waals surface area contributed by atoms with Gasteiger partial charge in [-0.2, -0.15) is 4.31 Å². The average Bonchev–Trinajstić information content (AvgIpc) is 2.89. The molecule has 2 aromatic carbocycles. The lowest BCUT2D eigenvalue weighted by Gasteiger charge is -2.50. The molecule has 1 aliphatic heterocycles. The molecule has 1 heterocycles. The largest absolute Gasteiger partial charge is 0.409 e. The highest BCUT2D eigenvalue weighted by Gasteiger charge is 2.60. The molecular formula is C31H48N2O6SSi. The minimum Gasteiger partial charge on any atom is -0.409 e. The number of benzene rings is 2. The van der Waals surface area contributed by atoms with Gasteiger partial charge in [-0.15, -0.1) is 0 Å². The molecule has 0 amide bonds. The number of piperidine rings is 1. The van der Waals surface area contributed by atoms with E-state index in [1.807, 2.05) is 20.0 Å². The van der Waals surface area contributed by atoms with Crippen molar-refractivity contribution in [2.24, 2.45) is 5.92 Å². The van der Waals surface area contributed by atoms with E-state index in [0.717, 1.165) is 42.0 Å². The molecule has 0 bridgehead atoms. The van der Waals surface area contributed by atoms with Gasteiger partial charge in [0.05, 0.1) is 16.9 Å². The fraction of sp³-hybridized carbons (Fsp3) is 0.613. The summed E-state index contributed by atoms with van der Waals surface area (Å²) in [5, 5.41) is 24.8. The Labute approximate surface area is 247 Å². The van der Waals surface area contributed by atoms with Gasteiger partial charge in [0.2, 0.25) is 16.1 Å². The van der Waals surface area contributed by atoms with Gasteiger partial charge in [-0.3, -0.25) is 10.1 Å². The molecule has 0 aliphatic carbocycles. The van der Waals surface area contributed by atoms with Crippen LogP contribution in [0.25, 0.3) is 0 Å². The molecule has 8 nitrogen and oxygen atoms in total. The summed E-state index contributed by atoms with van der Waals surface area (Å²) in [5.41, 5.74) is 1.36. The zero-order chi connectivity index (χ0) is 30.6. The van der Waals surface area contributed by atoms with Crippen molar-refractivity contribution in [2.45, 2.75) is 121 Å². The lowest BCUT2D eigenvalue weighted by Crippen LogP contribution is -2.65. The van der Waals surface area contributed by atoms with Crippen LogP contribution in [0.2, 0.25) is 18.1 Å². The molecule has 1 saturated heterocycles. The van der Waals surface area contributed by atoms with E-state index in [2.05, 4.69) is 27.7 Å². The van der Waals surface area contributed by atoms with Gasteiger partial charge in [0.25, 0.3) is 0 Å². The highest BCUT2D eigenvalue weighted by molar-refractivity contribution is 7.89. The molecule has 2 aromatic rings. The van der Waals surface area contributed by atoms with Gasteiger partial charge in [0, 0.05) is 4.92 Å². The van der Waals surface area contributed by atoms with Gasteiger partial charge in [-0.25, -0.2) is 8.42 Å². The van der Waals surface area contributed by atoms with Crippen LogP contribution in [-0.4, -0.2) is 49.4 Å². The van der Waals surface area contributed by atoms with Crippen molar-refractivity contribution in [2.75, 3.05) is 0 Å². The Morgan fingerprint density at radius 3 is 2.12 bits per heavy atom.